The lowest BCUT2D eigenvalue weighted by atomic mass is 9.84. The van der Waals surface area contributed by atoms with Crippen molar-refractivity contribution in [1.82, 2.24) is 10.6 Å². The van der Waals surface area contributed by atoms with Crippen molar-refractivity contribution in [2.75, 3.05) is 13.1 Å². The first kappa shape index (κ1) is 15.0. The fourth-order valence-corrected chi connectivity index (χ4v) is 2.12. The molecule has 1 atom stereocenters. The molecule has 18 heavy (non-hydrogen) atoms. The number of amides is 2. The van der Waals surface area contributed by atoms with E-state index >= 15 is 0 Å². The van der Waals surface area contributed by atoms with Gasteiger partial charge < -0.3 is 16.4 Å². The van der Waals surface area contributed by atoms with Gasteiger partial charge in [-0.3, -0.25) is 9.59 Å². The van der Waals surface area contributed by atoms with Gasteiger partial charge in [0, 0.05) is 25.4 Å². The molecule has 0 saturated carbocycles. The van der Waals surface area contributed by atoms with Crippen LogP contribution in [-0.2, 0) is 9.59 Å². The van der Waals surface area contributed by atoms with E-state index in [0.717, 1.165) is 19.3 Å². The second kappa shape index (κ2) is 6.73. The summed E-state index contributed by atoms with van der Waals surface area (Å²) in [6, 6.07) is 0.0906. The van der Waals surface area contributed by atoms with Crippen LogP contribution in [0.15, 0.2) is 0 Å². The van der Waals surface area contributed by atoms with E-state index in [1.807, 2.05) is 0 Å². The van der Waals surface area contributed by atoms with E-state index in [9.17, 15) is 9.59 Å². The Bertz CT molecular complexity index is 293. The van der Waals surface area contributed by atoms with Crippen LogP contribution < -0.4 is 16.4 Å². The van der Waals surface area contributed by atoms with Gasteiger partial charge >= 0.3 is 0 Å². The summed E-state index contributed by atoms with van der Waals surface area (Å²) in [5.74, 6) is 0.144. The van der Waals surface area contributed by atoms with E-state index in [-0.39, 0.29) is 23.3 Å². The Kier molecular flexibility index (Phi) is 5.59. The monoisotopic (exact) mass is 255 g/mol. The summed E-state index contributed by atoms with van der Waals surface area (Å²) in [6.45, 7) is 5.47. The summed E-state index contributed by atoms with van der Waals surface area (Å²) >= 11 is 0. The molecule has 0 aromatic rings. The molecule has 0 bridgehead atoms. The largest absolute Gasteiger partial charge is 0.354 e. The van der Waals surface area contributed by atoms with Gasteiger partial charge in [-0.05, 0) is 31.2 Å². The van der Waals surface area contributed by atoms with Crippen LogP contribution in [0.4, 0.5) is 0 Å². The smallest absolute Gasteiger partial charge is 0.220 e. The molecule has 1 unspecified atom stereocenters. The van der Waals surface area contributed by atoms with Crippen molar-refractivity contribution in [2.45, 2.75) is 52.0 Å². The molecule has 1 fully saturated rings. The summed E-state index contributed by atoms with van der Waals surface area (Å²) in [5, 5.41) is 5.73. The van der Waals surface area contributed by atoms with Gasteiger partial charge in [-0.25, -0.2) is 0 Å². The van der Waals surface area contributed by atoms with Gasteiger partial charge in [0.1, 0.15) is 0 Å². The van der Waals surface area contributed by atoms with E-state index in [4.69, 9.17) is 5.73 Å². The van der Waals surface area contributed by atoms with Gasteiger partial charge in [0.25, 0.3) is 0 Å². The zero-order chi connectivity index (χ0) is 13.6. The molecule has 2 amide bonds. The summed E-state index contributed by atoms with van der Waals surface area (Å²) in [5.41, 5.74) is 5.66. The number of rotatable bonds is 6. The van der Waals surface area contributed by atoms with Crippen LogP contribution in [0, 0.1) is 5.41 Å². The van der Waals surface area contributed by atoms with Crippen LogP contribution in [0.3, 0.4) is 0 Å². The molecule has 104 valence electrons. The zero-order valence-corrected chi connectivity index (χ0v) is 11.4. The minimum Gasteiger partial charge on any atom is -0.354 e. The highest BCUT2D eigenvalue weighted by Crippen LogP contribution is 2.25. The molecule has 5 heteroatoms. The van der Waals surface area contributed by atoms with Crippen molar-refractivity contribution in [2.24, 2.45) is 11.1 Å². The quantitative estimate of drug-likeness (QED) is 0.647. The Morgan fingerprint density at radius 3 is 2.78 bits per heavy atom. The highest BCUT2D eigenvalue weighted by Gasteiger charge is 2.22. The molecular formula is C13H25N3O2. The van der Waals surface area contributed by atoms with Gasteiger partial charge in [-0.15, -0.1) is 0 Å². The number of piperidine rings is 1. The van der Waals surface area contributed by atoms with Crippen LogP contribution in [-0.4, -0.2) is 30.9 Å². The van der Waals surface area contributed by atoms with Crippen molar-refractivity contribution in [1.29, 1.82) is 0 Å². The topological polar surface area (TPSA) is 84.2 Å². The third kappa shape index (κ3) is 5.49. The molecular weight excluding hydrogens is 230 g/mol. The molecule has 1 heterocycles. The minimum absolute atomic E-state index is 0.0706. The number of nitrogens with one attached hydrogen (secondary N) is 2. The van der Waals surface area contributed by atoms with E-state index in [2.05, 4.69) is 24.5 Å². The Hall–Kier alpha value is -1.10. The van der Waals surface area contributed by atoms with Crippen molar-refractivity contribution in [3.8, 4) is 0 Å². The first-order chi connectivity index (χ1) is 8.43. The zero-order valence-electron chi connectivity index (χ0n) is 11.4. The fraction of sp³-hybridized carbons (Fsp3) is 0.846. The lowest BCUT2D eigenvalue weighted by Crippen LogP contribution is -2.47. The fourth-order valence-electron chi connectivity index (χ4n) is 2.12. The molecule has 0 aromatic carbocycles. The number of hydrogen-bond donors (Lipinski definition) is 3. The Morgan fingerprint density at radius 2 is 2.22 bits per heavy atom. The average molecular weight is 255 g/mol. The molecule has 0 aliphatic carbocycles. The summed E-state index contributed by atoms with van der Waals surface area (Å²) < 4.78 is 0. The molecule has 1 aliphatic rings. The van der Waals surface area contributed by atoms with E-state index in [0.29, 0.717) is 25.9 Å². The van der Waals surface area contributed by atoms with E-state index in [1.54, 1.807) is 0 Å². The van der Waals surface area contributed by atoms with Crippen molar-refractivity contribution < 1.29 is 9.59 Å². The maximum atomic E-state index is 11.8. The van der Waals surface area contributed by atoms with Crippen LogP contribution in [0.1, 0.15) is 46.0 Å². The predicted molar refractivity (Wildman–Crippen MR) is 70.9 cm³/mol. The molecule has 1 rings (SSSR count). The molecule has 1 aliphatic heterocycles. The first-order valence-electron chi connectivity index (χ1n) is 6.69. The SMILES string of the molecule is CC(C)(CCN)CCC(=O)NC1CCC(=O)NC1. The van der Waals surface area contributed by atoms with Crippen molar-refractivity contribution in [3.63, 3.8) is 0 Å². The lowest BCUT2D eigenvalue weighted by molar-refractivity contribution is -0.126. The van der Waals surface area contributed by atoms with Crippen molar-refractivity contribution >= 4 is 11.8 Å². The highest BCUT2D eigenvalue weighted by atomic mass is 16.2. The molecule has 0 spiro atoms. The van der Waals surface area contributed by atoms with Gasteiger partial charge in [0.05, 0.1) is 0 Å². The molecule has 1 saturated heterocycles. The van der Waals surface area contributed by atoms with Gasteiger partial charge in [0.2, 0.25) is 11.8 Å². The third-order valence-corrected chi connectivity index (χ3v) is 3.48. The number of carbonyl (C=O) groups excluding carboxylic acids is 2. The lowest BCUT2D eigenvalue weighted by Gasteiger charge is -2.26. The maximum absolute atomic E-state index is 11.8. The van der Waals surface area contributed by atoms with Crippen LogP contribution >= 0.6 is 0 Å². The Morgan fingerprint density at radius 1 is 1.50 bits per heavy atom. The van der Waals surface area contributed by atoms with Crippen LogP contribution in [0.5, 0.6) is 0 Å². The van der Waals surface area contributed by atoms with E-state index < -0.39 is 0 Å². The molecule has 0 aromatic heterocycles. The summed E-state index contributed by atoms with van der Waals surface area (Å²) in [4.78, 5) is 22.8. The molecule has 0 radical (unpaired) electrons. The summed E-state index contributed by atoms with van der Waals surface area (Å²) in [7, 11) is 0. The standard InChI is InChI=1S/C13H25N3O2/c1-13(2,7-8-14)6-5-12(18)16-10-3-4-11(17)15-9-10/h10H,3-9,14H2,1-2H3,(H,15,17)(H,16,18). The maximum Gasteiger partial charge on any atom is 0.220 e. The molecule has 4 N–H and O–H groups in total. The number of carbonyl (C=O) groups is 2. The number of nitrogens with two attached hydrogens (primary N) is 1. The Labute approximate surface area is 109 Å². The first-order valence-corrected chi connectivity index (χ1v) is 6.69. The average Bonchev–Trinajstić information content (AvgIpc) is 2.30. The van der Waals surface area contributed by atoms with E-state index in [1.165, 1.54) is 0 Å². The second-order valence-electron chi connectivity index (χ2n) is 5.81. The number of hydrogen-bond acceptors (Lipinski definition) is 3. The summed E-state index contributed by atoms with van der Waals surface area (Å²) in [6.07, 6.45) is 3.54. The van der Waals surface area contributed by atoms with Gasteiger partial charge in [-0.2, -0.15) is 0 Å². The van der Waals surface area contributed by atoms with Gasteiger partial charge in [0.15, 0.2) is 0 Å². The third-order valence-electron chi connectivity index (χ3n) is 3.48. The second-order valence-corrected chi connectivity index (χ2v) is 5.81. The van der Waals surface area contributed by atoms with Crippen LogP contribution in [0.2, 0.25) is 0 Å². The Balaban J connectivity index is 2.23. The van der Waals surface area contributed by atoms with Gasteiger partial charge in [-0.1, -0.05) is 13.8 Å². The molecule has 5 nitrogen and oxygen atoms in total. The predicted octanol–water partition coefficient (Wildman–Crippen LogP) is 0.536. The van der Waals surface area contributed by atoms with Crippen molar-refractivity contribution in [3.05, 3.63) is 0 Å². The highest BCUT2D eigenvalue weighted by molar-refractivity contribution is 5.78. The normalized spacial score (nSPS) is 20.4. The van der Waals surface area contributed by atoms with Crippen LogP contribution in [0.25, 0.3) is 0 Å². The minimum atomic E-state index is 0.0706.